The van der Waals surface area contributed by atoms with Gasteiger partial charge in [0.15, 0.2) is 14.9 Å². The summed E-state index contributed by atoms with van der Waals surface area (Å²) in [5.74, 6) is 0.811. The Morgan fingerprint density at radius 2 is 2.17 bits per heavy atom. The molecule has 0 aliphatic rings. The van der Waals surface area contributed by atoms with Crippen LogP contribution in [0.1, 0.15) is 12.7 Å². The minimum Gasteiger partial charge on any atom is -0.337 e. The number of hydrogen-bond donors (Lipinski definition) is 0. The first-order valence-corrected chi connectivity index (χ1v) is 5.35. The number of rotatable bonds is 2. The minimum atomic E-state index is -3.13. The van der Waals surface area contributed by atoms with Crippen LogP contribution in [0.2, 0.25) is 0 Å². The zero-order chi connectivity index (χ0) is 9.35. The van der Waals surface area contributed by atoms with E-state index in [1.165, 1.54) is 6.20 Å². The number of sulfone groups is 1. The van der Waals surface area contributed by atoms with E-state index in [-0.39, 0.29) is 10.8 Å². The smallest absolute Gasteiger partial charge is 0.196 e. The van der Waals surface area contributed by atoms with Gasteiger partial charge in [0.2, 0.25) is 0 Å². The molecule has 0 atom stereocenters. The normalized spacial score (nSPS) is 11.9. The lowest BCUT2D eigenvalue weighted by molar-refractivity contribution is 0.594. The molecule has 1 aromatic heterocycles. The van der Waals surface area contributed by atoms with Crippen LogP contribution in [0.5, 0.6) is 0 Å². The summed E-state index contributed by atoms with van der Waals surface area (Å²) in [5.41, 5.74) is 0. The minimum absolute atomic E-state index is 0.101. The summed E-state index contributed by atoms with van der Waals surface area (Å²) in [6.07, 6.45) is 1.54. The molecule has 1 rings (SSSR count). The van der Waals surface area contributed by atoms with Gasteiger partial charge >= 0.3 is 0 Å². The van der Waals surface area contributed by atoms with Gasteiger partial charge in [0.05, 0.1) is 5.75 Å². The van der Waals surface area contributed by atoms with Gasteiger partial charge in [0, 0.05) is 13.2 Å². The topological polar surface area (TPSA) is 52.0 Å². The van der Waals surface area contributed by atoms with Gasteiger partial charge < -0.3 is 4.57 Å². The summed E-state index contributed by atoms with van der Waals surface area (Å²) in [6, 6.07) is 0. The molecule has 0 radical (unpaired) electrons. The molecular formula is C7H12N2O2S. The van der Waals surface area contributed by atoms with E-state index in [2.05, 4.69) is 4.98 Å². The zero-order valence-corrected chi connectivity index (χ0v) is 8.22. The molecule has 0 aliphatic carbocycles. The predicted molar refractivity (Wildman–Crippen MR) is 45.7 cm³/mol. The van der Waals surface area contributed by atoms with Gasteiger partial charge in [-0.15, -0.1) is 0 Å². The molecule has 68 valence electrons. The highest BCUT2D eigenvalue weighted by atomic mass is 32.2. The number of nitrogens with zero attached hydrogens (tertiary/aromatic N) is 2. The maximum Gasteiger partial charge on any atom is 0.196 e. The number of hydrogen-bond acceptors (Lipinski definition) is 3. The molecule has 0 N–H and O–H groups in total. The van der Waals surface area contributed by atoms with Crippen molar-refractivity contribution in [1.29, 1.82) is 0 Å². The van der Waals surface area contributed by atoms with E-state index >= 15 is 0 Å². The van der Waals surface area contributed by atoms with E-state index in [0.717, 1.165) is 0 Å². The van der Waals surface area contributed by atoms with Crippen molar-refractivity contribution in [2.45, 2.75) is 18.9 Å². The highest BCUT2D eigenvalue weighted by Gasteiger charge is 2.15. The molecule has 0 fully saturated rings. The maximum atomic E-state index is 11.3. The van der Waals surface area contributed by atoms with Crippen LogP contribution in [0.25, 0.3) is 0 Å². The molecule has 5 heteroatoms. The highest BCUT2D eigenvalue weighted by molar-refractivity contribution is 7.91. The Kier molecular flexibility index (Phi) is 2.23. The van der Waals surface area contributed by atoms with Crippen LogP contribution in [-0.2, 0) is 16.9 Å². The molecule has 12 heavy (non-hydrogen) atoms. The lowest BCUT2D eigenvalue weighted by Crippen LogP contribution is -2.03. The Morgan fingerprint density at radius 3 is 2.50 bits per heavy atom. The van der Waals surface area contributed by atoms with Crippen molar-refractivity contribution in [3.63, 3.8) is 0 Å². The van der Waals surface area contributed by atoms with Crippen molar-refractivity contribution in [2.24, 2.45) is 7.05 Å². The monoisotopic (exact) mass is 188 g/mol. The highest BCUT2D eigenvalue weighted by Crippen LogP contribution is 2.08. The van der Waals surface area contributed by atoms with Gasteiger partial charge in [-0.3, -0.25) is 0 Å². The van der Waals surface area contributed by atoms with E-state index < -0.39 is 9.84 Å². The van der Waals surface area contributed by atoms with Crippen LogP contribution in [0.3, 0.4) is 0 Å². The molecule has 0 amide bonds. The second-order valence-electron chi connectivity index (χ2n) is 2.64. The fraction of sp³-hybridized carbons (Fsp3) is 0.571. The average Bonchev–Trinajstić information content (AvgIpc) is 2.33. The van der Waals surface area contributed by atoms with Crippen molar-refractivity contribution in [2.75, 3.05) is 5.75 Å². The van der Waals surface area contributed by atoms with E-state index in [4.69, 9.17) is 0 Å². The Morgan fingerprint density at radius 1 is 1.58 bits per heavy atom. The lowest BCUT2D eigenvalue weighted by atomic mass is 10.7. The maximum absolute atomic E-state index is 11.3. The lowest BCUT2D eigenvalue weighted by Gasteiger charge is -1.92. The van der Waals surface area contributed by atoms with Gasteiger partial charge in [-0.25, -0.2) is 13.4 Å². The van der Waals surface area contributed by atoms with Gasteiger partial charge in [0.25, 0.3) is 0 Å². The molecule has 1 aromatic rings. The quantitative estimate of drug-likeness (QED) is 0.680. The summed E-state index contributed by atoms with van der Waals surface area (Å²) in [5, 5.41) is 0.171. The van der Waals surface area contributed by atoms with Crippen molar-refractivity contribution >= 4 is 9.84 Å². The largest absolute Gasteiger partial charge is 0.337 e. The van der Waals surface area contributed by atoms with E-state index in [9.17, 15) is 8.42 Å². The fourth-order valence-electron chi connectivity index (χ4n) is 0.824. The Bertz CT molecular complexity index is 359. The molecule has 0 aromatic carbocycles. The van der Waals surface area contributed by atoms with Crippen molar-refractivity contribution in [3.8, 4) is 0 Å². The first-order chi connectivity index (χ1) is 5.47. The molecule has 4 nitrogen and oxygen atoms in total. The molecule has 0 saturated carbocycles. The predicted octanol–water partition coefficient (Wildman–Crippen LogP) is 0.522. The van der Waals surface area contributed by atoms with Gasteiger partial charge in [-0.05, 0) is 6.92 Å². The van der Waals surface area contributed by atoms with E-state index in [1.807, 2.05) is 0 Å². The van der Waals surface area contributed by atoms with Crippen LogP contribution >= 0.6 is 0 Å². The third-order valence-electron chi connectivity index (χ3n) is 1.79. The van der Waals surface area contributed by atoms with Crippen molar-refractivity contribution < 1.29 is 8.42 Å². The Labute approximate surface area is 72.2 Å². The third kappa shape index (κ3) is 1.50. The second-order valence-corrected chi connectivity index (χ2v) is 4.87. The molecule has 0 unspecified atom stereocenters. The third-order valence-corrected chi connectivity index (χ3v) is 3.38. The van der Waals surface area contributed by atoms with Crippen LogP contribution in [-0.4, -0.2) is 23.7 Å². The Hall–Kier alpha value is -0.840. The molecule has 1 heterocycles. The van der Waals surface area contributed by atoms with Gasteiger partial charge in [-0.1, -0.05) is 6.92 Å². The summed E-state index contributed by atoms with van der Waals surface area (Å²) >= 11 is 0. The first-order valence-electron chi connectivity index (χ1n) is 3.70. The van der Waals surface area contributed by atoms with Crippen molar-refractivity contribution in [3.05, 3.63) is 12.0 Å². The van der Waals surface area contributed by atoms with Gasteiger partial charge in [-0.2, -0.15) is 0 Å². The summed E-state index contributed by atoms with van der Waals surface area (Å²) < 4.78 is 24.3. The number of aromatic nitrogens is 2. The molecule has 0 saturated heterocycles. The number of aryl methyl sites for hydroxylation is 2. The zero-order valence-electron chi connectivity index (χ0n) is 7.40. The van der Waals surface area contributed by atoms with Gasteiger partial charge in [0.1, 0.15) is 5.82 Å². The van der Waals surface area contributed by atoms with E-state index in [0.29, 0.717) is 5.82 Å². The first kappa shape index (κ1) is 9.25. The van der Waals surface area contributed by atoms with Crippen LogP contribution in [0.4, 0.5) is 0 Å². The average molecular weight is 188 g/mol. The molecular weight excluding hydrogens is 176 g/mol. The summed E-state index contributed by atoms with van der Waals surface area (Å²) in [4.78, 5) is 3.93. The van der Waals surface area contributed by atoms with Crippen molar-refractivity contribution in [1.82, 2.24) is 9.55 Å². The van der Waals surface area contributed by atoms with Crippen LogP contribution in [0.15, 0.2) is 11.2 Å². The summed E-state index contributed by atoms with van der Waals surface area (Å²) in [7, 11) is -1.36. The summed E-state index contributed by atoms with van der Waals surface area (Å²) in [6.45, 7) is 3.38. The second kappa shape index (κ2) is 2.90. The molecule has 0 aliphatic heterocycles. The standard InChI is InChI=1S/C7H12N2O2S/c1-4-12(10,11)7-5-9(3)6(2)8-7/h5H,4H2,1-3H3. The molecule has 0 bridgehead atoms. The fourth-order valence-corrected chi connectivity index (χ4v) is 1.71. The van der Waals surface area contributed by atoms with Crippen LogP contribution < -0.4 is 0 Å². The molecule has 0 spiro atoms. The van der Waals surface area contributed by atoms with Crippen LogP contribution in [0, 0.1) is 6.92 Å². The SMILES string of the molecule is CCS(=O)(=O)c1cn(C)c(C)n1. The Balaban J connectivity index is 3.22. The number of imidazole rings is 1. The van der Waals surface area contributed by atoms with E-state index in [1.54, 1.807) is 25.5 Å².